The molecule has 0 amide bonds. The van der Waals surface area contributed by atoms with Crippen molar-refractivity contribution in [3.63, 3.8) is 0 Å². The molecular weight excluding hydrogens is 457 g/mol. The highest BCUT2D eigenvalue weighted by atomic mass is 35.5. The summed E-state index contributed by atoms with van der Waals surface area (Å²) >= 11 is 6.09. The Morgan fingerprint density at radius 1 is 1.06 bits per heavy atom. The van der Waals surface area contributed by atoms with Crippen LogP contribution >= 0.6 is 11.6 Å². The summed E-state index contributed by atoms with van der Waals surface area (Å²) < 4.78 is 25.8. The molecule has 0 aromatic heterocycles. The van der Waals surface area contributed by atoms with Gasteiger partial charge in [-0.1, -0.05) is 11.6 Å². The van der Waals surface area contributed by atoms with Crippen LogP contribution in [-0.4, -0.2) is 62.3 Å². The molecule has 0 aliphatic carbocycles. The van der Waals surface area contributed by atoms with Gasteiger partial charge in [-0.3, -0.25) is 9.89 Å². The highest BCUT2D eigenvalue weighted by Crippen LogP contribution is 2.40. The topological polar surface area (TPSA) is 60.4 Å². The smallest absolute Gasteiger partial charge is 0.197 e. The fraction of sp³-hybridized carbons (Fsp3) is 0.500. The van der Waals surface area contributed by atoms with E-state index in [-0.39, 0.29) is 35.6 Å². The molecule has 4 atom stereocenters. The summed E-state index contributed by atoms with van der Waals surface area (Å²) in [4.78, 5) is 9.51. The van der Waals surface area contributed by atoms with Gasteiger partial charge in [0.25, 0.3) is 0 Å². The van der Waals surface area contributed by atoms with Gasteiger partial charge in [-0.05, 0) is 80.2 Å². The second-order valence-electron chi connectivity index (χ2n) is 9.73. The molecule has 180 valence electrons. The third-order valence-electron chi connectivity index (χ3n) is 7.66. The molecule has 6 nitrogen and oxygen atoms in total. The van der Waals surface area contributed by atoms with Gasteiger partial charge in [0.2, 0.25) is 0 Å². The Bertz CT molecular complexity index is 1090. The molecule has 2 aromatic carbocycles. The molecule has 2 aromatic rings. The summed E-state index contributed by atoms with van der Waals surface area (Å²) in [7, 11) is 0. The molecule has 2 fully saturated rings. The number of aliphatic imine (C=N–C) groups is 1. The van der Waals surface area contributed by atoms with Crippen molar-refractivity contribution in [2.24, 2.45) is 16.8 Å². The van der Waals surface area contributed by atoms with Gasteiger partial charge >= 0.3 is 0 Å². The highest BCUT2D eigenvalue weighted by Gasteiger charge is 2.47. The van der Waals surface area contributed by atoms with E-state index in [1.165, 1.54) is 6.07 Å². The lowest BCUT2D eigenvalue weighted by atomic mass is 9.79. The molecule has 0 bridgehead atoms. The summed E-state index contributed by atoms with van der Waals surface area (Å²) in [6.07, 6.45) is 2.83. The molecule has 2 saturated heterocycles. The maximum atomic E-state index is 14.7. The minimum absolute atomic E-state index is 0.0278. The molecule has 4 unspecified atom stereocenters. The van der Waals surface area contributed by atoms with E-state index in [4.69, 9.17) is 26.1 Å². The van der Waals surface area contributed by atoms with E-state index in [2.05, 4.69) is 9.80 Å². The number of benzene rings is 2. The zero-order valence-electron chi connectivity index (χ0n) is 19.0. The average Bonchev–Trinajstić information content (AvgIpc) is 3.51. The first kappa shape index (κ1) is 22.0. The van der Waals surface area contributed by atoms with Gasteiger partial charge < -0.3 is 19.5 Å². The number of nitrogens with zero attached hydrogens (tertiary/aromatic N) is 3. The maximum absolute atomic E-state index is 14.7. The highest BCUT2D eigenvalue weighted by molar-refractivity contribution is 6.30. The zero-order chi connectivity index (χ0) is 23.2. The predicted octanol–water partition coefficient (Wildman–Crippen LogP) is 3.15. The zero-order valence-corrected chi connectivity index (χ0v) is 19.7. The van der Waals surface area contributed by atoms with Crippen LogP contribution in [0.2, 0.25) is 5.02 Å². The van der Waals surface area contributed by atoms with Crippen molar-refractivity contribution in [1.29, 1.82) is 0 Å². The van der Waals surface area contributed by atoms with Gasteiger partial charge in [-0.15, -0.1) is 0 Å². The van der Waals surface area contributed by atoms with Crippen molar-refractivity contribution in [3.8, 4) is 11.5 Å². The van der Waals surface area contributed by atoms with Crippen molar-refractivity contribution >= 4 is 23.2 Å². The Balaban J connectivity index is 1.30. The minimum Gasteiger partial charge on any atom is -0.862 e. The van der Waals surface area contributed by atoms with Crippen LogP contribution in [0.5, 0.6) is 11.5 Å². The number of likely N-dealkylation sites (tertiary alicyclic amines) is 1. The van der Waals surface area contributed by atoms with E-state index >= 15 is 0 Å². The second kappa shape index (κ2) is 8.93. The van der Waals surface area contributed by atoms with E-state index in [1.54, 1.807) is 0 Å². The molecule has 0 saturated carbocycles. The summed E-state index contributed by atoms with van der Waals surface area (Å²) in [6, 6.07) is 11.1. The monoisotopic (exact) mass is 484 g/mol. The molecule has 6 rings (SSSR count). The van der Waals surface area contributed by atoms with E-state index in [1.807, 2.05) is 30.3 Å². The summed E-state index contributed by atoms with van der Waals surface area (Å²) in [5.41, 5.74) is 1.87. The second-order valence-corrected chi connectivity index (χ2v) is 10.2. The largest absolute Gasteiger partial charge is 0.862 e. The lowest BCUT2D eigenvalue weighted by Crippen LogP contribution is -2.55. The van der Waals surface area contributed by atoms with Crippen LogP contribution in [0.4, 0.5) is 10.1 Å². The molecule has 4 aliphatic heterocycles. The van der Waals surface area contributed by atoms with Crippen molar-refractivity contribution in [2.75, 3.05) is 44.3 Å². The minimum atomic E-state index is -0.417. The Morgan fingerprint density at radius 3 is 2.62 bits per heavy atom. The number of ether oxygens (including phenoxy) is 2. The van der Waals surface area contributed by atoms with Gasteiger partial charge in [-0.25, -0.2) is 4.39 Å². The van der Waals surface area contributed by atoms with Crippen LogP contribution in [0.15, 0.2) is 41.4 Å². The first-order valence-electron chi connectivity index (χ1n) is 12.1. The van der Waals surface area contributed by atoms with Crippen LogP contribution < -0.4 is 19.5 Å². The predicted molar refractivity (Wildman–Crippen MR) is 128 cm³/mol. The third-order valence-corrected chi connectivity index (χ3v) is 7.92. The van der Waals surface area contributed by atoms with Crippen LogP contribution in [0, 0.1) is 17.7 Å². The van der Waals surface area contributed by atoms with Crippen molar-refractivity contribution in [3.05, 3.63) is 52.8 Å². The van der Waals surface area contributed by atoms with Crippen molar-refractivity contribution in [2.45, 2.75) is 31.3 Å². The number of halogens is 2. The number of hydrogen-bond donors (Lipinski definition) is 0. The van der Waals surface area contributed by atoms with Crippen LogP contribution in [0.1, 0.15) is 18.4 Å². The number of fused-ring (bicyclic) bond motifs is 2. The van der Waals surface area contributed by atoms with E-state index in [9.17, 15) is 9.50 Å². The van der Waals surface area contributed by atoms with Crippen molar-refractivity contribution < 1.29 is 19.0 Å². The molecule has 34 heavy (non-hydrogen) atoms. The molecular formula is C26H28ClFN3O3-. The van der Waals surface area contributed by atoms with Crippen LogP contribution in [0.25, 0.3) is 0 Å². The lowest BCUT2D eigenvalue weighted by Gasteiger charge is -2.44. The maximum Gasteiger partial charge on any atom is 0.197 e. The SMILES string of the molecule is [O-]C1=NC(Cc2cc(F)c3c(c2)OCCO3)C(N2CCCC2)C2CN(c3ccc(Cl)cc3)CC12. The summed E-state index contributed by atoms with van der Waals surface area (Å²) in [5.74, 6) is 0.242. The molecule has 0 spiro atoms. The third kappa shape index (κ3) is 3.99. The first-order valence-corrected chi connectivity index (χ1v) is 12.5. The van der Waals surface area contributed by atoms with Crippen LogP contribution in [0.3, 0.4) is 0 Å². The van der Waals surface area contributed by atoms with E-state index in [0.29, 0.717) is 37.0 Å². The first-order chi connectivity index (χ1) is 16.6. The fourth-order valence-corrected chi connectivity index (χ4v) is 6.29. The average molecular weight is 485 g/mol. The van der Waals surface area contributed by atoms with E-state index in [0.717, 1.165) is 43.7 Å². The summed E-state index contributed by atoms with van der Waals surface area (Å²) in [5, 5.41) is 13.9. The van der Waals surface area contributed by atoms with Gasteiger partial charge in [0.15, 0.2) is 17.3 Å². The normalized spacial score (nSPS) is 28.6. The summed E-state index contributed by atoms with van der Waals surface area (Å²) in [6.45, 7) is 4.27. The molecule has 4 aliphatic rings. The number of rotatable bonds is 4. The molecule has 0 N–H and O–H groups in total. The Hall–Kier alpha value is -2.51. The number of hydrogen-bond acceptors (Lipinski definition) is 6. The van der Waals surface area contributed by atoms with Gasteiger partial charge in [0.1, 0.15) is 13.2 Å². The standard InChI is InChI=1S/C26H29ClFN3O3/c27-17-3-5-18(6-4-17)31-14-19-20(15-31)26(32)29-22(24(19)30-7-1-2-8-30)12-16-11-21(28)25-23(13-16)33-9-10-34-25/h3-6,11,13,19-20,22,24H,1-2,7-10,12,14-15H2,(H,29,32)/p-1. The number of anilines is 1. The van der Waals surface area contributed by atoms with E-state index < -0.39 is 5.82 Å². The quantitative estimate of drug-likeness (QED) is 0.667. The van der Waals surface area contributed by atoms with Gasteiger partial charge in [0, 0.05) is 41.7 Å². The van der Waals surface area contributed by atoms with Gasteiger partial charge in [0.05, 0.1) is 6.04 Å². The Labute approximate surface area is 203 Å². The Kier molecular flexibility index (Phi) is 5.77. The Morgan fingerprint density at radius 2 is 1.82 bits per heavy atom. The fourth-order valence-electron chi connectivity index (χ4n) is 6.16. The molecule has 8 heteroatoms. The lowest BCUT2D eigenvalue weighted by molar-refractivity contribution is -0.228. The molecule has 4 heterocycles. The van der Waals surface area contributed by atoms with Crippen LogP contribution in [-0.2, 0) is 6.42 Å². The van der Waals surface area contributed by atoms with Crippen molar-refractivity contribution in [1.82, 2.24) is 4.90 Å². The molecule has 0 radical (unpaired) electrons. The van der Waals surface area contributed by atoms with Gasteiger partial charge in [-0.2, -0.15) is 0 Å².